The molecule has 0 bridgehead atoms. The van der Waals surface area contributed by atoms with Gasteiger partial charge in [0.05, 0.1) is 10.2 Å². The number of benzene rings is 2. The molecule has 1 fully saturated rings. The summed E-state index contributed by atoms with van der Waals surface area (Å²) < 4.78 is 2.20. The zero-order valence-electron chi connectivity index (χ0n) is 18.2. The Labute approximate surface area is 205 Å². The van der Waals surface area contributed by atoms with Crippen LogP contribution in [0, 0.1) is 25.2 Å². The molecule has 2 aromatic carbocycles. The molecule has 3 aromatic rings. The molecule has 33 heavy (non-hydrogen) atoms. The second-order valence-corrected chi connectivity index (χ2v) is 9.82. The number of aromatic nitrogens is 1. The van der Waals surface area contributed by atoms with E-state index in [0.717, 1.165) is 35.3 Å². The summed E-state index contributed by atoms with van der Waals surface area (Å²) >= 11 is 13.5. The number of aryl methyl sites for hydroxylation is 2. The number of carbonyl (C=O) groups is 1. The van der Waals surface area contributed by atoms with E-state index in [0.29, 0.717) is 43.6 Å². The SMILES string of the molecule is Cc1cccc(C)c1-n1c(=C(C#N)C(=O)N2CCCC2)sc(=Cc2ccc(Cl)cc2Cl)c1=O. The van der Waals surface area contributed by atoms with Crippen molar-refractivity contribution in [2.45, 2.75) is 26.7 Å². The lowest BCUT2D eigenvalue weighted by molar-refractivity contribution is -0.123. The number of likely N-dealkylation sites (tertiary alicyclic amines) is 1. The van der Waals surface area contributed by atoms with Crippen LogP contribution < -0.4 is 14.8 Å². The highest BCUT2D eigenvalue weighted by Crippen LogP contribution is 2.22. The van der Waals surface area contributed by atoms with Gasteiger partial charge in [-0.15, -0.1) is 11.3 Å². The zero-order chi connectivity index (χ0) is 23.7. The number of rotatable bonds is 3. The topological polar surface area (TPSA) is 66.1 Å². The van der Waals surface area contributed by atoms with Crippen molar-refractivity contribution in [3.8, 4) is 11.8 Å². The fourth-order valence-electron chi connectivity index (χ4n) is 4.04. The van der Waals surface area contributed by atoms with Crippen LogP contribution in [-0.4, -0.2) is 28.5 Å². The monoisotopic (exact) mass is 497 g/mol. The minimum absolute atomic E-state index is 0.0245. The summed E-state index contributed by atoms with van der Waals surface area (Å²) in [7, 11) is 0. The van der Waals surface area contributed by atoms with E-state index >= 15 is 0 Å². The van der Waals surface area contributed by atoms with Crippen LogP contribution in [0.25, 0.3) is 17.3 Å². The van der Waals surface area contributed by atoms with Gasteiger partial charge >= 0.3 is 0 Å². The Bertz CT molecular complexity index is 1450. The van der Waals surface area contributed by atoms with Gasteiger partial charge in [0.15, 0.2) is 5.57 Å². The Morgan fingerprint density at radius 3 is 2.39 bits per heavy atom. The molecule has 1 amide bonds. The van der Waals surface area contributed by atoms with Crippen molar-refractivity contribution in [3.05, 3.63) is 82.7 Å². The first-order valence-electron chi connectivity index (χ1n) is 10.5. The Morgan fingerprint density at radius 1 is 1.12 bits per heavy atom. The van der Waals surface area contributed by atoms with E-state index in [1.807, 2.05) is 32.0 Å². The predicted octanol–water partition coefficient (Wildman–Crippen LogP) is 3.95. The Morgan fingerprint density at radius 2 is 1.79 bits per heavy atom. The number of amides is 1. The van der Waals surface area contributed by atoms with E-state index in [-0.39, 0.29) is 17.0 Å². The van der Waals surface area contributed by atoms with Gasteiger partial charge in [0, 0.05) is 23.1 Å². The maximum Gasteiger partial charge on any atom is 0.273 e. The molecular formula is C25H21Cl2N3O2S. The molecule has 0 saturated carbocycles. The standard InChI is InChI=1S/C25H21Cl2N3O2S/c1-15-6-5-7-16(2)22(15)30-24(32)21(12-17-8-9-18(26)13-20(17)27)33-25(30)19(14-28)23(31)29-10-3-4-11-29/h5-9,12-13H,3-4,10-11H2,1-2H3. The molecule has 0 spiro atoms. The van der Waals surface area contributed by atoms with Gasteiger partial charge in [-0.3, -0.25) is 14.2 Å². The molecule has 8 heteroatoms. The molecule has 1 saturated heterocycles. The van der Waals surface area contributed by atoms with Crippen LogP contribution in [0.3, 0.4) is 0 Å². The number of carbonyl (C=O) groups excluding carboxylic acids is 1. The van der Waals surface area contributed by atoms with Crippen LogP contribution in [0.15, 0.2) is 41.2 Å². The second-order valence-electron chi connectivity index (χ2n) is 7.95. The Kier molecular flexibility index (Phi) is 6.76. The number of thiazole rings is 1. The molecule has 1 aliphatic heterocycles. The van der Waals surface area contributed by atoms with Crippen molar-refractivity contribution in [3.63, 3.8) is 0 Å². The smallest absolute Gasteiger partial charge is 0.273 e. The van der Waals surface area contributed by atoms with Gasteiger partial charge in [0.25, 0.3) is 11.5 Å². The molecule has 1 aliphatic rings. The van der Waals surface area contributed by atoms with E-state index in [1.54, 1.807) is 29.2 Å². The third-order valence-corrected chi connectivity index (χ3v) is 7.32. The van der Waals surface area contributed by atoms with Gasteiger partial charge in [-0.25, -0.2) is 0 Å². The highest BCUT2D eigenvalue weighted by atomic mass is 35.5. The molecule has 168 valence electrons. The number of halogens is 2. The van der Waals surface area contributed by atoms with Crippen molar-refractivity contribution in [1.82, 2.24) is 9.47 Å². The van der Waals surface area contributed by atoms with Crippen molar-refractivity contribution >= 4 is 52.1 Å². The molecule has 1 aromatic heterocycles. The predicted molar refractivity (Wildman–Crippen MR) is 134 cm³/mol. The normalized spacial score (nSPS) is 15.0. The molecule has 5 nitrogen and oxygen atoms in total. The fourth-order valence-corrected chi connectivity index (χ4v) is 5.57. The summed E-state index contributed by atoms with van der Waals surface area (Å²) in [6.45, 7) is 5.04. The van der Waals surface area contributed by atoms with E-state index in [1.165, 1.54) is 4.57 Å². The number of hydrogen-bond donors (Lipinski definition) is 0. The van der Waals surface area contributed by atoms with Crippen molar-refractivity contribution in [1.29, 1.82) is 5.26 Å². The van der Waals surface area contributed by atoms with E-state index in [9.17, 15) is 14.9 Å². The van der Waals surface area contributed by atoms with E-state index < -0.39 is 0 Å². The largest absolute Gasteiger partial charge is 0.338 e. The lowest BCUT2D eigenvalue weighted by Gasteiger charge is -2.15. The first-order valence-corrected chi connectivity index (χ1v) is 12.1. The van der Waals surface area contributed by atoms with Gasteiger partial charge in [-0.2, -0.15) is 5.26 Å². The molecule has 0 unspecified atom stereocenters. The highest BCUT2D eigenvalue weighted by molar-refractivity contribution is 7.07. The van der Waals surface area contributed by atoms with Crippen LogP contribution >= 0.6 is 34.5 Å². The zero-order valence-corrected chi connectivity index (χ0v) is 20.5. The van der Waals surface area contributed by atoms with Crippen LogP contribution in [0.4, 0.5) is 0 Å². The summed E-state index contributed by atoms with van der Waals surface area (Å²) in [5.41, 5.74) is 2.72. The van der Waals surface area contributed by atoms with E-state index in [4.69, 9.17) is 23.2 Å². The highest BCUT2D eigenvalue weighted by Gasteiger charge is 2.25. The van der Waals surface area contributed by atoms with Gasteiger partial charge < -0.3 is 4.90 Å². The van der Waals surface area contributed by atoms with Gasteiger partial charge in [-0.1, -0.05) is 47.5 Å². The minimum Gasteiger partial charge on any atom is -0.338 e. The fraction of sp³-hybridized carbons (Fsp3) is 0.240. The molecule has 2 heterocycles. The number of nitrogens with zero attached hydrogens (tertiary/aromatic N) is 3. The van der Waals surface area contributed by atoms with Gasteiger partial charge in [0.2, 0.25) is 0 Å². The average molecular weight is 498 g/mol. The summed E-state index contributed by atoms with van der Waals surface area (Å²) in [5.74, 6) is -0.340. The first-order chi connectivity index (χ1) is 15.8. The summed E-state index contributed by atoms with van der Waals surface area (Å²) in [4.78, 5) is 28.6. The number of nitriles is 1. The maximum atomic E-state index is 13.7. The van der Waals surface area contributed by atoms with Crippen LogP contribution in [0.2, 0.25) is 10.0 Å². The van der Waals surface area contributed by atoms with Gasteiger partial charge in [0.1, 0.15) is 10.7 Å². The third kappa shape index (κ3) is 4.49. The molecule has 0 radical (unpaired) electrons. The average Bonchev–Trinajstić information content (AvgIpc) is 3.41. The molecule has 0 N–H and O–H groups in total. The number of para-hydroxylation sites is 1. The molecule has 0 aliphatic carbocycles. The Balaban J connectivity index is 2.09. The minimum atomic E-state index is -0.340. The van der Waals surface area contributed by atoms with Gasteiger partial charge in [-0.05, 0) is 61.6 Å². The van der Waals surface area contributed by atoms with Crippen LogP contribution in [0.5, 0.6) is 0 Å². The van der Waals surface area contributed by atoms with E-state index in [2.05, 4.69) is 6.07 Å². The maximum absolute atomic E-state index is 13.7. The number of hydrogen-bond acceptors (Lipinski definition) is 4. The quantitative estimate of drug-likeness (QED) is 0.550. The van der Waals surface area contributed by atoms with Crippen molar-refractivity contribution in [2.75, 3.05) is 13.1 Å². The molecular weight excluding hydrogens is 477 g/mol. The first kappa shape index (κ1) is 23.3. The second kappa shape index (κ2) is 9.56. The van der Waals surface area contributed by atoms with Crippen LogP contribution in [0.1, 0.15) is 29.5 Å². The molecule has 4 rings (SSSR count). The summed E-state index contributed by atoms with van der Waals surface area (Å²) in [5, 5.41) is 10.9. The summed E-state index contributed by atoms with van der Waals surface area (Å²) in [6.07, 6.45) is 3.49. The Hall–Kier alpha value is -2.85. The molecule has 0 atom stereocenters. The summed E-state index contributed by atoms with van der Waals surface area (Å²) in [6, 6.07) is 12.9. The lowest BCUT2D eigenvalue weighted by atomic mass is 10.1. The lowest BCUT2D eigenvalue weighted by Crippen LogP contribution is -2.35. The van der Waals surface area contributed by atoms with Crippen molar-refractivity contribution in [2.24, 2.45) is 0 Å². The van der Waals surface area contributed by atoms with Crippen LogP contribution in [-0.2, 0) is 4.79 Å². The van der Waals surface area contributed by atoms with Crippen molar-refractivity contribution < 1.29 is 4.79 Å². The third-order valence-electron chi connectivity index (χ3n) is 5.67.